The van der Waals surface area contributed by atoms with Crippen molar-refractivity contribution in [3.8, 4) is 0 Å². The van der Waals surface area contributed by atoms with E-state index >= 15 is 0 Å². The van der Waals surface area contributed by atoms with Crippen molar-refractivity contribution in [1.29, 1.82) is 0 Å². The summed E-state index contributed by atoms with van der Waals surface area (Å²) in [6.07, 6.45) is 6.11. The Labute approximate surface area is 92.0 Å². The molecule has 80 valence electrons. The molecule has 2 aromatic rings. The highest BCUT2D eigenvalue weighted by molar-refractivity contribution is 5.75. The summed E-state index contributed by atoms with van der Waals surface area (Å²) >= 11 is 0. The normalized spacial score (nSPS) is 10.8. The van der Waals surface area contributed by atoms with Gasteiger partial charge in [0.15, 0.2) is 12.0 Å². The molecule has 0 radical (unpaired) electrons. The quantitative estimate of drug-likeness (QED) is 0.338. The lowest BCUT2D eigenvalue weighted by molar-refractivity contribution is 0.602. The minimum Gasteiger partial charge on any atom is -0.443 e. The SMILES string of the molecule is [N-]=[N+]=NCCC=Cc1ccc2ocnc2c1. The number of nitrogens with zero attached hydrogens (tertiary/aromatic N) is 4. The summed E-state index contributed by atoms with van der Waals surface area (Å²) < 4.78 is 5.14. The van der Waals surface area contributed by atoms with E-state index < -0.39 is 0 Å². The van der Waals surface area contributed by atoms with Crippen molar-refractivity contribution in [2.75, 3.05) is 6.54 Å². The molecule has 0 aliphatic carbocycles. The molecule has 0 spiro atoms. The zero-order chi connectivity index (χ0) is 11.2. The van der Waals surface area contributed by atoms with Crippen LogP contribution in [-0.4, -0.2) is 11.5 Å². The van der Waals surface area contributed by atoms with E-state index in [-0.39, 0.29) is 0 Å². The zero-order valence-corrected chi connectivity index (χ0v) is 8.58. The molecule has 0 aliphatic rings. The van der Waals surface area contributed by atoms with Crippen molar-refractivity contribution >= 4 is 17.2 Å². The highest BCUT2D eigenvalue weighted by Crippen LogP contribution is 2.15. The second-order valence-corrected chi connectivity index (χ2v) is 3.23. The Hall–Kier alpha value is -2.26. The first-order chi connectivity index (χ1) is 7.90. The van der Waals surface area contributed by atoms with E-state index in [0.717, 1.165) is 23.1 Å². The van der Waals surface area contributed by atoms with Gasteiger partial charge in [0.25, 0.3) is 0 Å². The molecule has 16 heavy (non-hydrogen) atoms. The number of benzene rings is 1. The van der Waals surface area contributed by atoms with Gasteiger partial charge in [-0.15, -0.1) is 0 Å². The molecule has 2 rings (SSSR count). The molecule has 1 aromatic heterocycles. The molecule has 0 N–H and O–H groups in total. The fraction of sp³-hybridized carbons (Fsp3) is 0.182. The van der Waals surface area contributed by atoms with Gasteiger partial charge in [-0.25, -0.2) is 4.98 Å². The summed E-state index contributed by atoms with van der Waals surface area (Å²) in [6, 6.07) is 5.79. The molecule has 0 aliphatic heterocycles. The van der Waals surface area contributed by atoms with Gasteiger partial charge in [-0.2, -0.15) is 0 Å². The molecule has 0 amide bonds. The van der Waals surface area contributed by atoms with Crippen molar-refractivity contribution in [2.24, 2.45) is 5.11 Å². The predicted octanol–water partition coefficient (Wildman–Crippen LogP) is 3.54. The maximum atomic E-state index is 8.09. The van der Waals surface area contributed by atoms with E-state index in [1.807, 2.05) is 30.4 Å². The highest BCUT2D eigenvalue weighted by atomic mass is 16.3. The van der Waals surface area contributed by atoms with Gasteiger partial charge in [0.05, 0.1) is 0 Å². The van der Waals surface area contributed by atoms with Crippen molar-refractivity contribution in [3.63, 3.8) is 0 Å². The zero-order valence-electron chi connectivity index (χ0n) is 8.58. The Morgan fingerprint density at radius 3 is 3.31 bits per heavy atom. The average Bonchev–Trinajstić information content (AvgIpc) is 2.76. The molecule has 1 heterocycles. The number of hydrogen-bond acceptors (Lipinski definition) is 3. The van der Waals surface area contributed by atoms with Crippen molar-refractivity contribution in [1.82, 2.24) is 4.98 Å². The van der Waals surface area contributed by atoms with E-state index in [4.69, 9.17) is 9.95 Å². The van der Waals surface area contributed by atoms with E-state index in [9.17, 15) is 0 Å². The molecule has 1 aromatic carbocycles. The summed E-state index contributed by atoms with van der Waals surface area (Å²) in [4.78, 5) is 6.75. The second-order valence-electron chi connectivity index (χ2n) is 3.23. The first kappa shape index (κ1) is 10.3. The van der Waals surface area contributed by atoms with Gasteiger partial charge in [-0.3, -0.25) is 0 Å². The van der Waals surface area contributed by atoms with Gasteiger partial charge in [0.2, 0.25) is 0 Å². The first-order valence-corrected chi connectivity index (χ1v) is 4.91. The summed E-state index contributed by atoms with van der Waals surface area (Å²) in [7, 11) is 0. The monoisotopic (exact) mass is 214 g/mol. The Morgan fingerprint density at radius 2 is 2.44 bits per heavy atom. The van der Waals surface area contributed by atoms with Crippen LogP contribution in [0.15, 0.2) is 40.2 Å². The fourth-order valence-electron chi connectivity index (χ4n) is 1.37. The Morgan fingerprint density at radius 1 is 1.50 bits per heavy atom. The number of oxazole rings is 1. The molecule has 0 saturated carbocycles. The van der Waals surface area contributed by atoms with Crippen LogP contribution in [0.3, 0.4) is 0 Å². The van der Waals surface area contributed by atoms with Gasteiger partial charge in [0, 0.05) is 11.5 Å². The Kier molecular flexibility index (Phi) is 3.21. The second kappa shape index (κ2) is 5.00. The molecule has 0 fully saturated rings. The van der Waals surface area contributed by atoms with Crippen LogP contribution in [0.4, 0.5) is 0 Å². The number of hydrogen-bond donors (Lipinski definition) is 0. The lowest BCUT2D eigenvalue weighted by Gasteiger charge is -1.92. The molecule has 5 nitrogen and oxygen atoms in total. The summed E-state index contributed by atoms with van der Waals surface area (Å²) in [5.74, 6) is 0. The van der Waals surface area contributed by atoms with Crippen LogP contribution in [-0.2, 0) is 0 Å². The van der Waals surface area contributed by atoms with Crippen LogP contribution in [0.5, 0.6) is 0 Å². The van der Waals surface area contributed by atoms with E-state index in [0.29, 0.717) is 6.54 Å². The summed E-state index contributed by atoms with van der Waals surface area (Å²) in [5, 5.41) is 3.45. The van der Waals surface area contributed by atoms with Gasteiger partial charge in [0.1, 0.15) is 5.52 Å². The maximum absolute atomic E-state index is 8.09. The predicted molar refractivity (Wildman–Crippen MR) is 61.7 cm³/mol. The maximum Gasteiger partial charge on any atom is 0.181 e. The molecule has 0 unspecified atom stereocenters. The minimum atomic E-state index is 0.485. The third kappa shape index (κ3) is 2.40. The Balaban J connectivity index is 2.05. The highest BCUT2D eigenvalue weighted by Gasteiger charge is 1.97. The van der Waals surface area contributed by atoms with Gasteiger partial charge in [-0.1, -0.05) is 23.3 Å². The molecular weight excluding hydrogens is 204 g/mol. The minimum absolute atomic E-state index is 0.485. The van der Waals surface area contributed by atoms with Crippen molar-refractivity contribution in [2.45, 2.75) is 6.42 Å². The number of rotatable bonds is 4. The lowest BCUT2D eigenvalue weighted by Crippen LogP contribution is -1.75. The van der Waals surface area contributed by atoms with E-state index in [2.05, 4.69) is 15.0 Å². The van der Waals surface area contributed by atoms with E-state index in [1.165, 1.54) is 6.39 Å². The number of aromatic nitrogens is 1. The largest absolute Gasteiger partial charge is 0.443 e. The van der Waals surface area contributed by atoms with Crippen molar-refractivity contribution in [3.05, 3.63) is 46.7 Å². The first-order valence-electron chi connectivity index (χ1n) is 4.91. The third-order valence-electron chi connectivity index (χ3n) is 2.12. The summed E-state index contributed by atoms with van der Waals surface area (Å²) in [5.41, 5.74) is 10.8. The molecule has 5 heteroatoms. The van der Waals surface area contributed by atoms with E-state index in [1.54, 1.807) is 0 Å². The van der Waals surface area contributed by atoms with Crippen LogP contribution >= 0.6 is 0 Å². The van der Waals surface area contributed by atoms with Crippen LogP contribution < -0.4 is 0 Å². The standard InChI is InChI=1S/C11H10N4O/c12-15-14-6-2-1-3-9-4-5-11-10(7-9)13-8-16-11/h1,3-5,7-8H,2,6H2. The van der Waals surface area contributed by atoms with Crippen molar-refractivity contribution < 1.29 is 4.42 Å². The molecule has 0 saturated heterocycles. The smallest absolute Gasteiger partial charge is 0.181 e. The molecule has 0 atom stereocenters. The third-order valence-corrected chi connectivity index (χ3v) is 2.12. The molecular formula is C11H10N4O. The van der Waals surface area contributed by atoms with Gasteiger partial charge < -0.3 is 4.42 Å². The van der Waals surface area contributed by atoms with Crippen LogP contribution in [0.25, 0.3) is 27.6 Å². The van der Waals surface area contributed by atoms with Crippen LogP contribution in [0.1, 0.15) is 12.0 Å². The molecule has 0 bridgehead atoms. The summed E-state index contributed by atoms with van der Waals surface area (Å²) in [6.45, 7) is 0.485. The van der Waals surface area contributed by atoms with Gasteiger partial charge >= 0.3 is 0 Å². The fourth-order valence-corrected chi connectivity index (χ4v) is 1.37. The number of azide groups is 1. The van der Waals surface area contributed by atoms with Gasteiger partial charge in [-0.05, 0) is 29.6 Å². The van der Waals surface area contributed by atoms with Crippen LogP contribution in [0.2, 0.25) is 0 Å². The Bertz CT molecular complexity index is 552. The lowest BCUT2D eigenvalue weighted by atomic mass is 10.2. The topological polar surface area (TPSA) is 74.8 Å². The number of fused-ring (bicyclic) bond motifs is 1. The average molecular weight is 214 g/mol. The van der Waals surface area contributed by atoms with Crippen LogP contribution in [0, 0.1) is 0 Å².